The molecule has 0 amide bonds. The molecule has 0 aromatic heterocycles. The van der Waals surface area contributed by atoms with Crippen LogP contribution in [-0.4, -0.2) is 43.8 Å². The number of nitro benzene ring substituents is 1. The monoisotopic (exact) mass is 339 g/mol. The molecule has 0 radical (unpaired) electrons. The minimum absolute atomic E-state index is 0.0269. The van der Waals surface area contributed by atoms with Crippen molar-refractivity contribution < 1.29 is 13.3 Å². The molecule has 2 aliphatic rings. The number of hydrogen-bond donors (Lipinski definition) is 1. The van der Waals surface area contributed by atoms with E-state index in [1.54, 1.807) is 4.31 Å². The average molecular weight is 339 g/mol. The Morgan fingerprint density at radius 1 is 1.17 bits per heavy atom. The fraction of sp³-hybridized carbons (Fsp3) is 0.600. The van der Waals surface area contributed by atoms with Gasteiger partial charge < -0.3 is 5.32 Å². The van der Waals surface area contributed by atoms with E-state index in [4.69, 9.17) is 0 Å². The molecule has 2 aliphatic heterocycles. The number of rotatable bonds is 4. The summed E-state index contributed by atoms with van der Waals surface area (Å²) in [7, 11) is -3.38. The van der Waals surface area contributed by atoms with Crippen LogP contribution < -0.4 is 5.32 Å². The van der Waals surface area contributed by atoms with Crippen molar-refractivity contribution in [2.75, 3.05) is 26.2 Å². The third kappa shape index (κ3) is 3.54. The van der Waals surface area contributed by atoms with E-state index in [2.05, 4.69) is 5.32 Å². The van der Waals surface area contributed by atoms with Crippen LogP contribution in [0, 0.1) is 15.5 Å². The smallest absolute Gasteiger partial charge is 0.269 e. The Morgan fingerprint density at radius 2 is 1.83 bits per heavy atom. The number of benzene rings is 1. The summed E-state index contributed by atoms with van der Waals surface area (Å²) in [5, 5.41) is 14.0. The highest BCUT2D eigenvalue weighted by Crippen LogP contribution is 2.40. The topological polar surface area (TPSA) is 92.5 Å². The lowest BCUT2D eigenvalue weighted by molar-refractivity contribution is -0.384. The molecule has 3 rings (SSSR count). The van der Waals surface area contributed by atoms with Gasteiger partial charge in [0.05, 0.1) is 10.7 Å². The Balaban J connectivity index is 1.68. The minimum Gasteiger partial charge on any atom is -0.317 e. The van der Waals surface area contributed by atoms with Crippen LogP contribution in [0.1, 0.15) is 24.8 Å². The van der Waals surface area contributed by atoms with Crippen LogP contribution in [0.5, 0.6) is 0 Å². The summed E-state index contributed by atoms with van der Waals surface area (Å²) in [6.07, 6.45) is 2.97. The lowest BCUT2D eigenvalue weighted by Crippen LogP contribution is -2.40. The molecule has 2 heterocycles. The average Bonchev–Trinajstić information content (AvgIpc) is 2.93. The Hall–Kier alpha value is -1.51. The molecule has 0 atom stereocenters. The second-order valence-electron chi connectivity index (χ2n) is 6.51. The molecule has 1 aromatic carbocycles. The van der Waals surface area contributed by atoms with E-state index in [0.29, 0.717) is 18.7 Å². The van der Waals surface area contributed by atoms with Gasteiger partial charge in [0.15, 0.2) is 0 Å². The molecule has 0 bridgehead atoms. The summed E-state index contributed by atoms with van der Waals surface area (Å²) < 4.78 is 26.8. The van der Waals surface area contributed by atoms with Gasteiger partial charge in [-0.3, -0.25) is 10.1 Å². The predicted molar refractivity (Wildman–Crippen MR) is 86.4 cm³/mol. The van der Waals surface area contributed by atoms with Crippen molar-refractivity contribution in [1.82, 2.24) is 9.62 Å². The van der Waals surface area contributed by atoms with Gasteiger partial charge >= 0.3 is 0 Å². The highest BCUT2D eigenvalue weighted by Gasteiger charge is 2.42. The third-order valence-electron chi connectivity index (χ3n) is 4.96. The van der Waals surface area contributed by atoms with E-state index in [1.165, 1.54) is 24.3 Å². The maximum Gasteiger partial charge on any atom is 0.269 e. The summed E-state index contributed by atoms with van der Waals surface area (Å²) >= 11 is 0. The van der Waals surface area contributed by atoms with E-state index in [-0.39, 0.29) is 16.9 Å². The normalized spacial score (nSPS) is 21.6. The first kappa shape index (κ1) is 16.4. The highest BCUT2D eigenvalue weighted by molar-refractivity contribution is 7.88. The van der Waals surface area contributed by atoms with Gasteiger partial charge in [0.1, 0.15) is 0 Å². The predicted octanol–water partition coefficient (Wildman–Crippen LogP) is 1.50. The first-order chi connectivity index (χ1) is 10.9. The van der Waals surface area contributed by atoms with Crippen LogP contribution in [0.15, 0.2) is 24.3 Å². The molecular weight excluding hydrogens is 318 g/mol. The SMILES string of the molecule is O=[N+]([O-])c1ccc(CS(=O)(=O)N2CCC3(CCNCC3)C2)cc1. The van der Waals surface area contributed by atoms with Crippen LogP contribution in [-0.2, 0) is 15.8 Å². The molecule has 2 fully saturated rings. The van der Waals surface area contributed by atoms with E-state index < -0.39 is 14.9 Å². The number of nitrogens with zero attached hydrogens (tertiary/aromatic N) is 2. The second kappa shape index (κ2) is 6.18. The zero-order chi connectivity index (χ0) is 16.5. The summed E-state index contributed by atoms with van der Waals surface area (Å²) in [6.45, 7) is 3.09. The van der Waals surface area contributed by atoms with Gasteiger partial charge in [-0.05, 0) is 43.3 Å². The van der Waals surface area contributed by atoms with Crippen molar-refractivity contribution in [2.45, 2.75) is 25.0 Å². The molecule has 7 nitrogen and oxygen atoms in total. The van der Waals surface area contributed by atoms with E-state index >= 15 is 0 Å². The lowest BCUT2D eigenvalue weighted by atomic mass is 9.78. The molecule has 1 aromatic rings. The van der Waals surface area contributed by atoms with Crippen LogP contribution in [0.4, 0.5) is 5.69 Å². The van der Waals surface area contributed by atoms with Crippen molar-refractivity contribution in [1.29, 1.82) is 0 Å². The lowest BCUT2D eigenvalue weighted by Gasteiger charge is -2.33. The zero-order valence-electron chi connectivity index (χ0n) is 12.9. The van der Waals surface area contributed by atoms with E-state index in [9.17, 15) is 18.5 Å². The first-order valence-electron chi connectivity index (χ1n) is 7.82. The number of sulfonamides is 1. The Morgan fingerprint density at radius 3 is 2.43 bits per heavy atom. The van der Waals surface area contributed by atoms with E-state index in [0.717, 1.165) is 32.4 Å². The summed E-state index contributed by atoms with van der Waals surface area (Å²) in [5.74, 6) is -0.0979. The maximum absolute atomic E-state index is 12.6. The van der Waals surface area contributed by atoms with Crippen molar-refractivity contribution in [2.24, 2.45) is 5.41 Å². The Bertz CT molecular complexity index is 681. The number of hydrogen-bond acceptors (Lipinski definition) is 5. The third-order valence-corrected chi connectivity index (χ3v) is 6.75. The molecule has 8 heteroatoms. The van der Waals surface area contributed by atoms with Crippen LogP contribution in [0.2, 0.25) is 0 Å². The van der Waals surface area contributed by atoms with Crippen molar-refractivity contribution in [3.63, 3.8) is 0 Å². The van der Waals surface area contributed by atoms with Gasteiger partial charge in [-0.25, -0.2) is 12.7 Å². The Kier molecular flexibility index (Phi) is 4.39. The molecule has 1 N–H and O–H groups in total. The van der Waals surface area contributed by atoms with Gasteiger partial charge in [0.25, 0.3) is 5.69 Å². The van der Waals surface area contributed by atoms with Gasteiger partial charge in [-0.2, -0.15) is 0 Å². The van der Waals surface area contributed by atoms with Crippen molar-refractivity contribution >= 4 is 15.7 Å². The Labute approximate surface area is 135 Å². The first-order valence-corrected chi connectivity index (χ1v) is 9.43. The highest BCUT2D eigenvalue weighted by atomic mass is 32.2. The molecule has 0 saturated carbocycles. The molecule has 1 spiro atoms. The fourth-order valence-corrected chi connectivity index (χ4v) is 5.15. The number of piperidine rings is 1. The van der Waals surface area contributed by atoms with Crippen LogP contribution in [0.3, 0.4) is 0 Å². The summed E-state index contributed by atoms with van der Waals surface area (Å²) in [4.78, 5) is 10.2. The minimum atomic E-state index is -3.38. The van der Waals surface area contributed by atoms with Crippen LogP contribution >= 0.6 is 0 Å². The number of non-ortho nitro benzene ring substituents is 1. The molecule has 23 heavy (non-hydrogen) atoms. The summed E-state index contributed by atoms with van der Waals surface area (Å²) in [6, 6.07) is 5.74. The molecular formula is C15H21N3O4S. The molecule has 126 valence electrons. The van der Waals surface area contributed by atoms with Gasteiger partial charge in [0, 0.05) is 25.2 Å². The molecule has 0 aliphatic carbocycles. The second-order valence-corrected chi connectivity index (χ2v) is 8.48. The molecule has 2 saturated heterocycles. The molecule has 0 unspecified atom stereocenters. The van der Waals surface area contributed by atoms with Gasteiger partial charge in [-0.15, -0.1) is 0 Å². The van der Waals surface area contributed by atoms with E-state index in [1.807, 2.05) is 0 Å². The number of nitrogens with one attached hydrogen (secondary N) is 1. The largest absolute Gasteiger partial charge is 0.317 e. The maximum atomic E-state index is 12.6. The van der Waals surface area contributed by atoms with Crippen molar-refractivity contribution in [3.05, 3.63) is 39.9 Å². The quantitative estimate of drug-likeness (QED) is 0.663. The summed E-state index contributed by atoms with van der Waals surface area (Å²) in [5.41, 5.74) is 0.691. The van der Waals surface area contributed by atoms with Crippen LogP contribution in [0.25, 0.3) is 0 Å². The van der Waals surface area contributed by atoms with Gasteiger partial charge in [-0.1, -0.05) is 12.1 Å². The standard InChI is InChI=1S/C15H21N3O4S/c19-18(20)14-3-1-13(2-4-14)11-23(21,22)17-10-7-15(12-17)5-8-16-9-6-15/h1-4,16H,5-12H2. The van der Waals surface area contributed by atoms with Gasteiger partial charge in [0.2, 0.25) is 10.0 Å². The number of nitro groups is 1. The fourth-order valence-electron chi connectivity index (χ4n) is 3.51. The van der Waals surface area contributed by atoms with Crippen molar-refractivity contribution in [3.8, 4) is 0 Å². The zero-order valence-corrected chi connectivity index (χ0v) is 13.7.